The molecule has 2 aliphatic rings. The van der Waals surface area contributed by atoms with Crippen LogP contribution < -0.4 is 11.2 Å². The Labute approximate surface area is 147 Å². The van der Waals surface area contributed by atoms with Crippen LogP contribution in [0.15, 0.2) is 0 Å². The maximum absolute atomic E-state index is 12.1. The van der Waals surface area contributed by atoms with Gasteiger partial charge in [0.2, 0.25) is 5.91 Å². The van der Waals surface area contributed by atoms with Gasteiger partial charge in [0.05, 0.1) is 18.5 Å². The molecular formula is C13H20F3N5O3S. The molecule has 25 heavy (non-hydrogen) atoms. The summed E-state index contributed by atoms with van der Waals surface area (Å²) in [4.78, 5) is 22.6. The van der Waals surface area contributed by atoms with Crippen molar-refractivity contribution in [3.8, 4) is 6.07 Å². The average molecular weight is 383 g/mol. The van der Waals surface area contributed by atoms with Crippen molar-refractivity contribution in [2.75, 3.05) is 31.3 Å². The summed E-state index contributed by atoms with van der Waals surface area (Å²) < 4.78 is 31.7. The normalized spacial score (nSPS) is 21.4. The van der Waals surface area contributed by atoms with Crippen LogP contribution in [0.5, 0.6) is 0 Å². The Bertz CT molecular complexity index is 508. The van der Waals surface area contributed by atoms with E-state index in [0.717, 1.165) is 25.9 Å². The van der Waals surface area contributed by atoms with Crippen molar-refractivity contribution in [3.05, 3.63) is 0 Å². The van der Waals surface area contributed by atoms with Gasteiger partial charge in [-0.1, -0.05) is 0 Å². The van der Waals surface area contributed by atoms with Gasteiger partial charge in [-0.15, -0.1) is 11.8 Å². The highest BCUT2D eigenvalue weighted by Gasteiger charge is 2.38. The Morgan fingerprint density at radius 3 is 2.44 bits per heavy atom. The number of nitriles is 1. The lowest BCUT2D eigenvalue weighted by atomic mass is 10.1. The summed E-state index contributed by atoms with van der Waals surface area (Å²) in [6.07, 6.45) is -3.14. The number of aliphatic carboxylic acids is 1. The van der Waals surface area contributed by atoms with Gasteiger partial charge in [-0.05, 0) is 25.9 Å². The predicted molar refractivity (Wildman–Crippen MR) is 84.0 cm³/mol. The zero-order chi connectivity index (χ0) is 19.0. The largest absolute Gasteiger partial charge is 0.490 e. The first-order chi connectivity index (χ1) is 11.7. The molecule has 12 heteroatoms. The van der Waals surface area contributed by atoms with E-state index in [2.05, 4.69) is 11.4 Å². The van der Waals surface area contributed by atoms with Crippen LogP contribution in [0.25, 0.3) is 0 Å². The lowest BCUT2D eigenvalue weighted by Gasteiger charge is -2.31. The number of carboxylic acids is 1. The number of carbonyl (C=O) groups is 2. The Morgan fingerprint density at radius 2 is 1.96 bits per heavy atom. The van der Waals surface area contributed by atoms with Gasteiger partial charge < -0.3 is 15.3 Å². The van der Waals surface area contributed by atoms with E-state index in [4.69, 9.17) is 21.0 Å². The SMILES string of the molecule is N#C[C@@H]1CSCN1C(=O)CN(N)C1CCNCC1.O=C(O)C(F)(F)F. The van der Waals surface area contributed by atoms with E-state index in [1.165, 1.54) is 0 Å². The number of piperidine rings is 1. The number of rotatable bonds is 3. The van der Waals surface area contributed by atoms with Crippen LogP contribution >= 0.6 is 11.8 Å². The van der Waals surface area contributed by atoms with E-state index in [0.29, 0.717) is 11.6 Å². The van der Waals surface area contributed by atoms with E-state index in [9.17, 15) is 18.0 Å². The number of hydrogen-bond acceptors (Lipinski definition) is 7. The Hall–Kier alpha value is -1.55. The van der Waals surface area contributed by atoms with E-state index in [1.807, 2.05) is 0 Å². The van der Waals surface area contributed by atoms with E-state index >= 15 is 0 Å². The van der Waals surface area contributed by atoms with Crippen molar-refractivity contribution >= 4 is 23.6 Å². The molecule has 0 aromatic carbocycles. The van der Waals surface area contributed by atoms with Crippen LogP contribution in [0, 0.1) is 11.3 Å². The van der Waals surface area contributed by atoms with Crippen LogP contribution in [-0.4, -0.2) is 76.4 Å². The number of hydrazine groups is 1. The van der Waals surface area contributed by atoms with Crippen LogP contribution in [-0.2, 0) is 9.59 Å². The molecule has 142 valence electrons. The molecule has 0 radical (unpaired) electrons. The molecule has 2 heterocycles. The number of hydrogen-bond donors (Lipinski definition) is 3. The second kappa shape index (κ2) is 9.81. The molecule has 8 nitrogen and oxygen atoms in total. The molecule has 0 spiro atoms. The second-order valence-electron chi connectivity index (χ2n) is 5.46. The summed E-state index contributed by atoms with van der Waals surface area (Å²) >= 11 is 1.62. The van der Waals surface area contributed by atoms with Gasteiger partial charge in [-0.25, -0.2) is 9.80 Å². The fraction of sp³-hybridized carbons (Fsp3) is 0.769. The molecule has 0 aromatic heterocycles. The Kier molecular flexibility index (Phi) is 8.43. The Balaban J connectivity index is 0.000000381. The molecule has 0 saturated carbocycles. The van der Waals surface area contributed by atoms with Crippen molar-refractivity contribution in [3.63, 3.8) is 0 Å². The third kappa shape index (κ3) is 7.07. The number of carboxylic acid groups (broad SMARTS) is 1. The minimum atomic E-state index is -5.08. The van der Waals surface area contributed by atoms with Crippen molar-refractivity contribution in [1.29, 1.82) is 5.26 Å². The van der Waals surface area contributed by atoms with Gasteiger partial charge >= 0.3 is 12.1 Å². The quantitative estimate of drug-likeness (QED) is 0.459. The minimum Gasteiger partial charge on any atom is -0.475 e. The first kappa shape index (κ1) is 21.5. The van der Waals surface area contributed by atoms with Crippen molar-refractivity contribution < 1.29 is 27.9 Å². The number of halogens is 3. The van der Waals surface area contributed by atoms with E-state index in [-0.39, 0.29) is 24.5 Å². The molecule has 4 N–H and O–H groups in total. The van der Waals surface area contributed by atoms with Crippen LogP contribution in [0.1, 0.15) is 12.8 Å². The number of nitrogens with two attached hydrogens (primary N) is 1. The van der Waals surface area contributed by atoms with Gasteiger partial charge in [0, 0.05) is 11.8 Å². The summed E-state index contributed by atoms with van der Waals surface area (Å²) in [5, 5.41) is 21.0. The van der Waals surface area contributed by atoms with Gasteiger partial charge in [0.15, 0.2) is 0 Å². The summed E-state index contributed by atoms with van der Waals surface area (Å²) in [7, 11) is 0. The summed E-state index contributed by atoms with van der Waals surface area (Å²) in [6, 6.07) is 2.14. The molecule has 1 atom stereocenters. The molecule has 0 aliphatic carbocycles. The predicted octanol–water partition coefficient (Wildman–Crippen LogP) is -0.0275. The first-order valence-electron chi connectivity index (χ1n) is 7.45. The molecule has 0 unspecified atom stereocenters. The average Bonchev–Trinajstić information content (AvgIpc) is 3.04. The van der Waals surface area contributed by atoms with E-state index in [1.54, 1.807) is 21.7 Å². The number of alkyl halides is 3. The highest BCUT2D eigenvalue weighted by molar-refractivity contribution is 7.99. The lowest BCUT2D eigenvalue weighted by Crippen LogP contribution is -2.52. The third-order valence-electron chi connectivity index (χ3n) is 3.69. The zero-order valence-electron chi connectivity index (χ0n) is 13.3. The maximum Gasteiger partial charge on any atom is 0.490 e. The lowest BCUT2D eigenvalue weighted by molar-refractivity contribution is -0.192. The summed E-state index contributed by atoms with van der Waals surface area (Å²) in [6.45, 7) is 2.11. The number of nitrogens with zero attached hydrogens (tertiary/aromatic N) is 3. The van der Waals surface area contributed by atoms with Gasteiger partial charge in [-0.2, -0.15) is 18.4 Å². The first-order valence-corrected chi connectivity index (χ1v) is 8.61. The fourth-order valence-electron chi connectivity index (χ4n) is 2.31. The fourth-order valence-corrected chi connectivity index (χ4v) is 3.41. The molecule has 2 saturated heterocycles. The molecule has 2 fully saturated rings. The summed E-state index contributed by atoms with van der Waals surface area (Å²) in [5.74, 6) is 4.50. The molecule has 2 aliphatic heterocycles. The van der Waals surface area contributed by atoms with Crippen LogP contribution in [0.4, 0.5) is 13.2 Å². The monoisotopic (exact) mass is 383 g/mol. The highest BCUT2D eigenvalue weighted by Crippen LogP contribution is 2.20. The van der Waals surface area contributed by atoms with Gasteiger partial charge in [0.25, 0.3) is 0 Å². The Morgan fingerprint density at radius 1 is 1.40 bits per heavy atom. The molecule has 0 aromatic rings. The second-order valence-corrected chi connectivity index (χ2v) is 6.46. The molecule has 0 bridgehead atoms. The number of thioether (sulfide) groups is 1. The van der Waals surface area contributed by atoms with Gasteiger partial charge in [0.1, 0.15) is 6.04 Å². The topological polar surface area (TPSA) is 123 Å². The van der Waals surface area contributed by atoms with Crippen molar-refractivity contribution in [2.45, 2.75) is 31.1 Å². The zero-order valence-corrected chi connectivity index (χ0v) is 14.1. The molecule has 2 rings (SSSR count). The molecular weight excluding hydrogens is 363 g/mol. The summed E-state index contributed by atoms with van der Waals surface area (Å²) in [5.41, 5.74) is 0. The third-order valence-corrected chi connectivity index (χ3v) is 4.70. The maximum atomic E-state index is 12.1. The van der Waals surface area contributed by atoms with Crippen molar-refractivity contribution in [1.82, 2.24) is 15.2 Å². The van der Waals surface area contributed by atoms with E-state index < -0.39 is 12.1 Å². The smallest absolute Gasteiger partial charge is 0.475 e. The van der Waals surface area contributed by atoms with Crippen molar-refractivity contribution in [2.24, 2.45) is 5.84 Å². The number of nitrogens with one attached hydrogen (secondary N) is 1. The van der Waals surface area contributed by atoms with Crippen LogP contribution in [0.2, 0.25) is 0 Å². The molecule has 1 amide bonds. The number of amides is 1. The van der Waals surface area contributed by atoms with Crippen LogP contribution in [0.3, 0.4) is 0 Å². The standard InChI is InChI=1S/C11H19N5OS.C2HF3O2/c12-5-10-7-18-8-15(10)11(17)6-16(13)9-1-3-14-4-2-9;3-2(4,5)1(6)7/h9-10,14H,1-4,6-8,13H2;(H,6,7)/t10-;/m1./s1. The minimum absolute atomic E-state index is 0.0346. The highest BCUT2D eigenvalue weighted by atomic mass is 32.2. The number of carbonyl (C=O) groups excluding carboxylic acids is 1. The van der Waals surface area contributed by atoms with Gasteiger partial charge in [-0.3, -0.25) is 10.6 Å².